The number of carboxylic acid groups (broad SMARTS) is 1. The zero-order chi connectivity index (χ0) is 22.0. The highest BCUT2D eigenvalue weighted by Crippen LogP contribution is 2.44. The van der Waals surface area contributed by atoms with Crippen LogP contribution in [0.25, 0.3) is 11.1 Å². The Balaban J connectivity index is 1.31. The SMILES string of the molecule is O=C(CNC(=O)OCC1c2ccccc2-c2ccccc21)NC1C(=O)NCC1C(=O)O. The van der Waals surface area contributed by atoms with E-state index < -0.39 is 42.4 Å². The van der Waals surface area contributed by atoms with Crippen LogP contribution < -0.4 is 16.0 Å². The van der Waals surface area contributed by atoms with E-state index in [0.717, 1.165) is 22.3 Å². The molecule has 0 saturated carbocycles. The van der Waals surface area contributed by atoms with Gasteiger partial charge in [0, 0.05) is 12.5 Å². The maximum absolute atomic E-state index is 12.1. The first-order valence-corrected chi connectivity index (χ1v) is 9.84. The fraction of sp³-hybridized carbons (Fsp3) is 0.273. The average molecular weight is 423 g/mol. The molecule has 2 atom stereocenters. The summed E-state index contributed by atoms with van der Waals surface area (Å²) >= 11 is 0. The quantitative estimate of drug-likeness (QED) is 0.544. The molecule has 4 N–H and O–H groups in total. The van der Waals surface area contributed by atoms with Crippen molar-refractivity contribution in [3.05, 3.63) is 59.7 Å². The molecule has 1 fully saturated rings. The molecule has 2 aromatic carbocycles. The van der Waals surface area contributed by atoms with E-state index in [0.29, 0.717) is 0 Å². The third-order valence-electron chi connectivity index (χ3n) is 5.55. The lowest BCUT2D eigenvalue weighted by Gasteiger charge is -2.16. The summed E-state index contributed by atoms with van der Waals surface area (Å²) in [7, 11) is 0. The van der Waals surface area contributed by atoms with Crippen molar-refractivity contribution in [3.8, 4) is 11.1 Å². The standard InChI is InChI=1S/C22H21N3O6/c26-18(25-19-16(21(28)29)9-23-20(19)27)10-24-22(30)31-11-17-14-7-3-1-5-12(14)13-6-2-4-8-15(13)17/h1-8,16-17,19H,9-11H2,(H,23,27)(H,24,30)(H,25,26)(H,28,29). The summed E-state index contributed by atoms with van der Waals surface area (Å²) in [6.07, 6.45) is -0.775. The number of hydrogen-bond acceptors (Lipinski definition) is 5. The number of aliphatic carboxylic acids is 1. The van der Waals surface area contributed by atoms with E-state index in [-0.39, 0.29) is 19.1 Å². The van der Waals surface area contributed by atoms with E-state index in [1.807, 2.05) is 48.5 Å². The van der Waals surface area contributed by atoms with Gasteiger partial charge in [-0.05, 0) is 22.3 Å². The molecule has 1 aliphatic heterocycles. The minimum atomic E-state index is -1.19. The third-order valence-corrected chi connectivity index (χ3v) is 5.55. The van der Waals surface area contributed by atoms with E-state index in [1.165, 1.54) is 0 Å². The molecule has 9 nitrogen and oxygen atoms in total. The van der Waals surface area contributed by atoms with Gasteiger partial charge in [-0.1, -0.05) is 48.5 Å². The van der Waals surface area contributed by atoms with Gasteiger partial charge in [0.1, 0.15) is 25.1 Å². The van der Waals surface area contributed by atoms with Crippen LogP contribution in [0, 0.1) is 5.92 Å². The Labute approximate surface area is 177 Å². The second kappa shape index (κ2) is 8.47. The summed E-state index contributed by atoms with van der Waals surface area (Å²) in [6, 6.07) is 14.7. The van der Waals surface area contributed by atoms with Gasteiger partial charge in [-0.3, -0.25) is 14.4 Å². The normalized spacial score (nSPS) is 19.2. The summed E-state index contributed by atoms with van der Waals surface area (Å²) in [5.74, 6) is -3.59. The van der Waals surface area contributed by atoms with Crippen LogP contribution in [0.1, 0.15) is 17.0 Å². The Bertz CT molecular complexity index is 1010. The summed E-state index contributed by atoms with van der Waals surface area (Å²) in [5, 5.41) is 16.2. The summed E-state index contributed by atoms with van der Waals surface area (Å²) in [5.41, 5.74) is 4.35. The number of rotatable bonds is 6. The molecule has 160 valence electrons. The van der Waals surface area contributed by atoms with E-state index in [1.54, 1.807) is 0 Å². The molecule has 4 rings (SSSR count). The molecule has 1 aliphatic carbocycles. The molecule has 2 aromatic rings. The topological polar surface area (TPSA) is 134 Å². The second-order valence-corrected chi connectivity index (χ2v) is 7.41. The van der Waals surface area contributed by atoms with Crippen LogP contribution in [-0.4, -0.2) is 54.7 Å². The van der Waals surface area contributed by atoms with Gasteiger partial charge in [0.05, 0.1) is 0 Å². The van der Waals surface area contributed by atoms with Crippen LogP contribution in [0.3, 0.4) is 0 Å². The van der Waals surface area contributed by atoms with Crippen molar-refractivity contribution in [2.75, 3.05) is 19.7 Å². The summed E-state index contributed by atoms with van der Waals surface area (Å²) in [4.78, 5) is 47.0. The predicted molar refractivity (Wildman–Crippen MR) is 109 cm³/mol. The zero-order valence-electron chi connectivity index (χ0n) is 16.5. The fourth-order valence-corrected chi connectivity index (χ4v) is 4.04. The van der Waals surface area contributed by atoms with Gasteiger partial charge in [0.15, 0.2) is 0 Å². The highest BCUT2D eigenvalue weighted by atomic mass is 16.5. The number of carbonyl (C=O) groups excluding carboxylic acids is 3. The van der Waals surface area contributed by atoms with Crippen molar-refractivity contribution in [2.24, 2.45) is 5.92 Å². The maximum Gasteiger partial charge on any atom is 0.407 e. The average Bonchev–Trinajstić information content (AvgIpc) is 3.29. The molecule has 9 heteroatoms. The Hall–Kier alpha value is -3.88. The lowest BCUT2D eigenvalue weighted by atomic mass is 9.98. The zero-order valence-corrected chi connectivity index (χ0v) is 16.5. The Kier molecular flexibility index (Phi) is 5.57. The minimum absolute atomic E-state index is 0.0566. The van der Waals surface area contributed by atoms with E-state index in [4.69, 9.17) is 9.84 Å². The molecule has 3 amide bonds. The molecule has 0 bridgehead atoms. The van der Waals surface area contributed by atoms with Gasteiger partial charge in [0.25, 0.3) is 0 Å². The van der Waals surface area contributed by atoms with Crippen molar-refractivity contribution in [1.29, 1.82) is 0 Å². The minimum Gasteiger partial charge on any atom is -0.481 e. The Morgan fingerprint density at radius 2 is 1.65 bits per heavy atom. The van der Waals surface area contributed by atoms with Crippen molar-refractivity contribution in [1.82, 2.24) is 16.0 Å². The van der Waals surface area contributed by atoms with Crippen LogP contribution in [0.2, 0.25) is 0 Å². The van der Waals surface area contributed by atoms with Crippen molar-refractivity contribution in [3.63, 3.8) is 0 Å². The van der Waals surface area contributed by atoms with Crippen molar-refractivity contribution in [2.45, 2.75) is 12.0 Å². The summed E-state index contributed by atoms with van der Waals surface area (Å²) < 4.78 is 5.34. The van der Waals surface area contributed by atoms with Crippen molar-refractivity contribution >= 4 is 23.9 Å². The Morgan fingerprint density at radius 1 is 1.03 bits per heavy atom. The largest absolute Gasteiger partial charge is 0.481 e. The first kappa shape index (κ1) is 20.4. The molecule has 2 unspecified atom stereocenters. The molecule has 0 aromatic heterocycles. The second-order valence-electron chi connectivity index (χ2n) is 7.41. The molecular formula is C22H21N3O6. The van der Waals surface area contributed by atoms with E-state index in [2.05, 4.69) is 16.0 Å². The predicted octanol–water partition coefficient (Wildman–Crippen LogP) is 0.840. The molecule has 1 saturated heterocycles. The third kappa shape index (κ3) is 4.07. The number of ether oxygens (including phenoxy) is 1. The van der Waals surface area contributed by atoms with Gasteiger partial charge in [-0.15, -0.1) is 0 Å². The molecule has 1 heterocycles. The van der Waals surface area contributed by atoms with Gasteiger partial charge in [-0.2, -0.15) is 0 Å². The number of hydrogen-bond donors (Lipinski definition) is 4. The molecule has 2 aliphatic rings. The van der Waals surface area contributed by atoms with Crippen LogP contribution in [0.15, 0.2) is 48.5 Å². The molecule has 0 radical (unpaired) electrons. The smallest absolute Gasteiger partial charge is 0.407 e. The van der Waals surface area contributed by atoms with Crippen molar-refractivity contribution < 1.29 is 29.0 Å². The van der Waals surface area contributed by atoms with Crippen LogP contribution >= 0.6 is 0 Å². The number of benzene rings is 2. The monoisotopic (exact) mass is 423 g/mol. The molecule has 31 heavy (non-hydrogen) atoms. The molecule has 0 spiro atoms. The van der Waals surface area contributed by atoms with Gasteiger partial charge in [0.2, 0.25) is 11.8 Å². The van der Waals surface area contributed by atoms with Gasteiger partial charge in [-0.25, -0.2) is 4.79 Å². The lowest BCUT2D eigenvalue weighted by Crippen LogP contribution is -2.48. The number of nitrogens with one attached hydrogen (secondary N) is 3. The summed E-state index contributed by atoms with van der Waals surface area (Å²) in [6.45, 7) is -0.390. The lowest BCUT2D eigenvalue weighted by molar-refractivity contribution is -0.143. The highest BCUT2D eigenvalue weighted by Gasteiger charge is 2.40. The highest BCUT2D eigenvalue weighted by molar-refractivity contribution is 5.95. The number of carboxylic acids is 1. The Morgan fingerprint density at radius 3 is 2.26 bits per heavy atom. The first-order valence-electron chi connectivity index (χ1n) is 9.84. The van der Waals surface area contributed by atoms with Crippen LogP contribution in [-0.2, 0) is 19.1 Å². The van der Waals surface area contributed by atoms with Gasteiger partial charge >= 0.3 is 12.1 Å². The number of alkyl carbamates (subject to hydrolysis) is 1. The fourth-order valence-electron chi connectivity index (χ4n) is 4.04. The van der Waals surface area contributed by atoms with Crippen LogP contribution in [0.4, 0.5) is 4.79 Å². The number of fused-ring (bicyclic) bond motifs is 3. The first-order chi connectivity index (χ1) is 15.0. The number of amides is 3. The van der Waals surface area contributed by atoms with E-state index >= 15 is 0 Å². The van der Waals surface area contributed by atoms with Crippen LogP contribution in [0.5, 0.6) is 0 Å². The maximum atomic E-state index is 12.1. The molecular weight excluding hydrogens is 402 g/mol. The number of carbonyl (C=O) groups is 4. The van der Waals surface area contributed by atoms with Gasteiger partial charge < -0.3 is 25.8 Å². The van der Waals surface area contributed by atoms with E-state index in [9.17, 15) is 19.2 Å².